The number of ketones is 1. The van der Waals surface area contributed by atoms with Crippen LogP contribution in [0.4, 0.5) is 9.18 Å². The summed E-state index contributed by atoms with van der Waals surface area (Å²) in [6.07, 6.45) is 0.347. The molecule has 1 amide bonds. The standard InChI is InChI=1S/C20H23FN2O4/c1-20(2,3)27-19(25)23-14-7-13(8-15(23)11-26-10-14)18(24)16-6-12(9-22)4-5-17(16)21/h4-6,13-15H,7-8,10-11H2,1-3H3. The zero-order chi connectivity index (χ0) is 19.8. The third kappa shape index (κ3) is 4.11. The van der Waals surface area contributed by atoms with Crippen molar-refractivity contribution in [3.05, 3.63) is 35.1 Å². The molecular formula is C20H23FN2O4. The molecule has 2 unspecified atom stereocenters. The number of rotatable bonds is 2. The lowest BCUT2D eigenvalue weighted by molar-refractivity contribution is -0.0861. The highest BCUT2D eigenvalue weighted by atomic mass is 19.1. The molecular weight excluding hydrogens is 351 g/mol. The number of carbonyl (C=O) groups is 2. The zero-order valence-corrected chi connectivity index (χ0v) is 15.7. The van der Waals surface area contributed by atoms with E-state index < -0.39 is 23.4 Å². The SMILES string of the molecule is CC(C)(C)OC(=O)N1C2COCC1CC(C(=O)c1cc(C#N)ccc1F)C2. The first-order chi connectivity index (χ1) is 12.7. The number of Topliss-reactive ketones (excluding diaryl/α,β-unsaturated/α-hetero) is 1. The molecule has 0 aromatic heterocycles. The fourth-order valence-electron chi connectivity index (χ4n) is 3.75. The van der Waals surface area contributed by atoms with Crippen molar-refractivity contribution in [2.75, 3.05) is 13.2 Å². The normalized spacial score (nSPS) is 24.9. The highest BCUT2D eigenvalue weighted by Crippen LogP contribution is 2.35. The van der Waals surface area contributed by atoms with Gasteiger partial charge in [-0.2, -0.15) is 5.26 Å². The van der Waals surface area contributed by atoms with Crippen molar-refractivity contribution in [3.63, 3.8) is 0 Å². The Labute approximate surface area is 157 Å². The summed E-state index contributed by atoms with van der Waals surface area (Å²) in [5.74, 6) is -1.38. The Bertz CT molecular complexity index is 782. The Hall–Kier alpha value is -2.46. The maximum Gasteiger partial charge on any atom is 0.410 e. The summed E-state index contributed by atoms with van der Waals surface area (Å²) in [5.41, 5.74) is -0.432. The van der Waals surface area contributed by atoms with Crippen LogP contribution < -0.4 is 0 Å². The summed E-state index contributed by atoms with van der Waals surface area (Å²) >= 11 is 0. The van der Waals surface area contributed by atoms with Crippen LogP contribution in [0.5, 0.6) is 0 Å². The quantitative estimate of drug-likeness (QED) is 0.742. The minimum atomic E-state index is -0.630. The molecule has 0 saturated carbocycles. The molecule has 6 nitrogen and oxygen atoms in total. The zero-order valence-electron chi connectivity index (χ0n) is 15.7. The predicted octanol–water partition coefficient (Wildman–Crippen LogP) is 3.29. The van der Waals surface area contributed by atoms with E-state index in [0.29, 0.717) is 26.1 Å². The summed E-state index contributed by atoms with van der Waals surface area (Å²) < 4.78 is 25.2. The second kappa shape index (κ2) is 7.28. The number of nitrogens with zero attached hydrogens (tertiary/aromatic N) is 2. The Balaban J connectivity index is 1.80. The van der Waals surface area contributed by atoms with Gasteiger partial charge in [0.05, 0.1) is 42.5 Å². The van der Waals surface area contributed by atoms with Gasteiger partial charge in [-0.15, -0.1) is 0 Å². The Morgan fingerprint density at radius 2 is 1.89 bits per heavy atom. The van der Waals surface area contributed by atoms with Gasteiger partial charge in [0.1, 0.15) is 11.4 Å². The van der Waals surface area contributed by atoms with E-state index in [9.17, 15) is 14.0 Å². The average molecular weight is 374 g/mol. The van der Waals surface area contributed by atoms with Gasteiger partial charge in [0.15, 0.2) is 5.78 Å². The van der Waals surface area contributed by atoms with Crippen molar-refractivity contribution in [1.29, 1.82) is 5.26 Å². The number of halogens is 1. The molecule has 2 atom stereocenters. The van der Waals surface area contributed by atoms with E-state index in [1.54, 1.807) is 25.7 Å². The topological polar surface area (TPSA) is 79.6 Å². The number of benzene rings is 1. The van der Waals surface area contributed by atoms with E-state index in [1.807, 2.05) is 6.07 Å². The maximum atomic E-state index is 14.2. The summed E-state index contributed by atoms with van der Waals surface area (Å²) in [7, 11) is 0. The number of ether oxygens (including phenoxy) is 2. The molecule has 27 heavy (non-hydrogen) atoms. The third-order valence-electron chi connectivity index (χ3n) is 4.86. The molecule has 0 spiro atoms. The van der Waals surface area contributed by atoms with Crippen LogP contribution in [0.25, 0.3) is 0 Å². The van der Waals surface area contributed by atoms with Crippen LogP contribution in [0.3, 0.4) is 0 Å². The molecule has 2 saturated heterocycles. The first kappa shape index (κ1) is 19.3. The fourth-order valence-corrected chi connectivity index (χ4v) is 3.75. The number of carbonyl (C=O) groups excluding carboxylic acids is 2. The number of amides is 1. The van der Waals surface area contributed by atoms with Gasteiger partial charge in [-0.05, 0) is 51.8 Å². The molecule has 2 aliphatic rings. The number of morpholine rings is 1. The van der Waals surface area contributed by atoms with Crippen molar-refractivity contribution < 1.29 is 23.5 Å². The summed E-state index contributed by atoms with van der Waals surface area (Å²) in [6.45, 7) is 6.05. The molecule has 2 bridgehead atoms. The van der Waals surface area contributed by atoms with Gasteiger partial charge in [0, 0.05) is 5.92 Å². The smallest absolute Gasteiger partial charge is 0.410 e. The lowest BCUT2D eigenvalue weighted by atomic mass is 9.80. The predicted molar refractivity (Wildman–Crippen MR) is 94.6 cm³/mol. The van der Waals surface area contributed by atoms with Crippen LogP contribution in [0, 0.1) is 23.1 Å². The van der Waals surface area contributed by atoms with E-state index in [0.717, 1.165) is 6.07 Å². The largest absolute Gasteiger partial charge is 0.444 e. The van der Waals surface area contributed by atoms with Crippen LogP contribution in [-0.2, 0) is 9.47 Å². The van der Waals surface area contributed by atoms with Gasteiger partial charge < -0.3 is 9.47 Å². The Morgan fingerprint density at radius 1 is 1.26 bits per heavy atom. The van der Waals surface area contributed by atoms with Gasteiger partial charge in [0.25, 0.3) is 0 Å². The summed E-state index contributed by atoms with van der Waals surface area (Å²) in [5, 5.41) is 9.01. The van der Waals surface area contributed by atoms with E-state index in [4.69, 9.17) is 14.7 Å². The Kier molecular flexibility index (Phi) is 5.20. The van der Waals surface area contributed by atoms with Gasteiger partial charge in [0.2, 0.25) is 0 Å². The van der Waals surface area contributed by atoms with Crippen molar-refractivity contribution in [2.24, 2.45) is 5.92 Å². The number of hydrogen-bond acceptors (Lipinski definition) is 5. The molecule has 144 valence electrons. The van der Waals surface area contributed by atoms with Gasteiger partial charge in [-0.3, -0.25) is 9.69 Å². The minimum absolute atomic E-state index is 0.0660. The van der Waals surface area contributed by atoms with Gasteiger partial charge in [-0.1, -0.05) is 0 Å². The van der Waals surface area contributed by atoms with Crippen molar-refractivity contribution in [3.8, 4) is 6.07 Å². The summed E-state index contributed by atoms with van der Waals surface area (Å²) in [6, 6.07) is 5.14. The second-order valence-corrected chi connectivity index (χ2v) is 8.07. The average Bonchev–Trinajstić information content (AvgIpc) is 2.59. The van der Waals surface area contributed by atoms with E-state index in [-0.39, 0.29) is 29.0 Å². The van der Waals surface area contributed by atoms with Gasteiger partial charge >= 0.3 is 6.09 Å². The molecule has 2 aliphatic heterocycles. The first-order valence-electron chi connectivity index (χ1n) is 9.02. The highest BCUT2D eigenvalue weighted by molar-refractivity contribution is 5.98. The molecule has 0 N–H and O–H groups in total. The first-order valence-corrected chi connectivity index (χ1v) is 9.02. The highest BCUT2D eigenvalue weighted by Gasteiger charge is 2.45. The molecule has 1 aromatic carbocycles. The lowest BCUT2D eigenvalue weighted by Gasteiger charge is -2.47. The maximum absolute atomic E-state index is 14.2. The number of fused-ring (bicyclic) bond motifs is 2. The second-order valence-electron chi connectivity index (χ2n) is 8.07. The van der Waals surface area contributed by atoms with Crippen LogP contribution in [0.2, 0.25) is 0 Å². The molecule has 1 aromatic rings. The molecule has 2 fully saturated rings. The Morgan fingerprint density at radius 3 is 2.44 bits per heavy atom. The number of hydrogen-bond donors (Lipinski definition) is 0. The molecule has 3 rings (SSSR count). The molecule has 2 heterocycles. The molecule has 0 radical (unpaired) electrons. The fraction of sp³-hybridized carbons (Fsp3) is 0.550. The number of piperidine rings is 1. The van der Waals surface area contributed by atoms with E-state index >= 15 is 0 Å². The van der Waals surface area contributed by atoms with Crippen LogP contribution in [0.15, 0.2) is 18.2 Å². The van der Waals surface area contributed by atoms with E-state index in [2.05, 4.69) is 0 Å². The van der Waals surface area contributed by atoms with Crippen LogP contribution in [-0.4, -0.2) is 47.7 Å². The third-order valence-corrected chi connectivity index (χ3v) is 4.86. The van der Waals surface area contributed by atoms with E-state index in [1.165, 1.54) is 12.1 Å². The van der Waals surface area contributed by atoms with Gasteiger partial charge in [-0.25, -0.2) is 9.18 Å². The summed E-state index contributed by atoms with van der Waals surface area (Å²) in [4.78, 5) is 27.1. The van der Waals surface area contributed by atoms with Crippen molar-refractivity contribution >= 4 is 11.9 Å². The monoisotopic (exact) mass is 374 g/mol. The van der Waals surface area contributed by atoms with Crippen molar-refractivity contribution in [1.82, 2.24) is 4.90 Å². The minimum Gasteiger partial charge on any atom is -0.444 e. The molecule has 7 heteroatoms. The lowest BCUT2D eigenvalue weighted by Crippen LogP contribution is -2.60. The van der Waals surface area contributed by atoms with Crippen molar-refractivity contribution in [2.45, 2.75) is 51.3 Å². The van der Waals surface area contributed by atoms with Crippen LogP contribution in [0.1, 0.15) is 49.5 Å². The van der Waals surface area contributed by atoms with Crippen LogP contribution >= 0.6 is 0 Å². The molecule has 0 aliphatic carbocycles. The number of nitriles is 1.